The van der Waals surface area contributed by atoms with Crippen LogP contribution in [0.15, 0.2) is 18.5 Å². The Bertz CT molecular complexity index is 348. The maximum absolute atomic E-state index is 11.7. The first-order valence-corrected chi connectivity index (χ1v) is 4.93. The fourth-order valence-corrected chi connectivity index (χ4v) is 1.17. The third kappa shape index (κ3) is 3.02. The molecular formula is C11H16N2O2. The van der Waals surface area contributed by atoms with Gasteiger partial charge in [-0.1, -0.05) is 0 Å². The van der Waals surface area contributed by atoms with Gasteiger partial charge in [0.1, 0.15) is 5.75 Å². The molecule has 1 atom stereocenters. The van der Waals surface area contributed by atoms with Crippen molar-refractivity contribution in [3.63, 3.8) is 0 Å². The van der Waals surface area contributed by atoms with E-state index < -0.39 is 6.04 Å². The van der Waals surface area contributed by atoms with Gasteiger partial charge in [-0.05, 0) is 26.8 Å². The molecule has 1 unspecified atom stereocenters. The first-order chi connectivity index (χ1) is 7.02. The highest BCUT2D eigenvalue weighted by Crippen LogP contribution is 2.19. The maximum atomic E-state index is 11.7. The van der Waals surface area contributed by atoms with Crippen LogP contribution in [0.3, 0.4) is 0 Å². The second kappa shape index (κ2) is 4.89. The van der Waals surface area contributed by atoms with Gasteiger partial charge in [0.05, 0.1) is 17.7 Å². The van der Waals surface area contributed by atoms with Gasteiger partial charge in [-0.15, -0.1) is 0 Å². The summed E-state index contributed by atoms with van der Waals surface area (Å²) in [5.41, 5.74) is 5.98. The van der Waals surface area contributed by atoms with Crippen molar-refractivity contribution in [2.75, 3.05) is 0 Å². The number of pyridine rings is 1. The molecule has 0 saturated heterocycles. The topological polar surface area (TPSA) is 65.2 Å². The van der Waals surface area contributed by atoms with Crippen molar-refractivity contribution in [3.05, 3.63) is 24.0 Å². The molecular weight excluding hydrogens is 192 g/mol. The van der Waals surface area contributed by atoms with Crippen LogP contribution in [-0.4, -0.2) is 22.9 Å². The Labute approximate surface area is 89.5 Å². The molecule has 2 N–H and O–H groups in total. The molecule has 0 aliphatic rings. The zero-order chi connectivity index (χ0) is 11.4. The van der Waals surface area contributed by atoms with Crippen molar-refractivity contribution in [3.8, 4) is 5.75 Å². The average Bonchev–Trinajstić information content (AvgIpc) is 2.16. The Morgan fingerprint density at radius 1 is 1.47 bits per heavy atom. The lowest BCUT2D eigenvalue weighted by Gasteiger charge is -2.13. The zero-order valence-corrected chi connectivity index (χ0v) is 9.23. The van der Waals surface area contributed by atoms with Crippen molar-refractivity contribution in [1.29, 1.82) is 0 Å². The number of nitrogens with zero attached hydrogens (tertiary/aromatic N) is 1. The van der Waals surface area contributed by atoms with Gasteiger partial charge in [0.15, 0.2) is 5.78 Å². The van der Waals surface area contributed by atoms with Gasteiger partial charge in [0.25, 0.3) is 0 Å². The van der Waals surface area contributed by atoms with Gasteiger partial charge < -0.3 is 10.5 Å². The second-order valence-corrected chi connectivity index (χ2v) is 3.69. The Kier molecular flexibility index (Phi) is 3.80. The molecule has 1 aromatic heterocycles. The van der Waals surface area contributed by atoms with E-state index in [1.807, 2.05) is 13.8 Å². The summed E-state index contributed by atoms with van der Waals surface area (Å²) < 4.78 is 5.50. The summed E-state index contributed by atoms with van der Waals surface area (Å²) >= 11 is 0. The molecule has 0 aliphatic heterocycles. The largest absolute Gasteiger partial charge is 0.490 e. The van der Waals surface area contributed by atoms with Crippen molar-refractivity contribution in [2.45, 2.75) is 32.9 Å². The van der Waals surface area contributed by atoms with E-state index in [1.165, 1.54) is 6.20 Å². The van der Waals surface area contributed by atoms with E-state index in [9.17, 15) is 4.79 Å². The number of carbonyl (C=O) groups excluding carboxylic acids is 1. The van der Waals surface area contributed by atoms with E-state index in [4.69, 9.17) is 10.5 Å². The van der Waals surface area contributed by atoms with Crippen LogP contribution in [-0.2, 0) is 0 Å². The average molecular weight is 208 g/mol. The van der Waals surface area contributed by atoms with Crippen molar-refractivity contribution in [2.24, 2.45) is 5.73 Å². The number of ketones is 1. The normalized spacial score (nSPS) is 12.6. The quantitative estimate of drug-likeness (QED) is 0.759. The van der Waals surface area contributed by atoms with Crippen LogP contribution >= 0.6 is 0 Å². The fourth-order valence-electron chi connectivity index (χ4n) is 1.17. The first-order valence-electron chi connectivity index (χ1n) is 4.93. The Hall–Kier alpha value is -1.42. The summed E-state index contributed by atoms with van der Waals surface area (Å²) in [6.45, 7) is 5.45. The van der Waals surface area contributed by atoms with E-state index in [0.29, 0.717) is 11.3 Å². The minimum Gasteiger partial charge on any atom is -0.490 e. The summed E-state index contributed by atoms with van der Waals surface area (Å²) in [6, 6.07) is 1.14. The number of hydrogen-bond donors (Lipinski definition) is 1. The fraction of sp³-hybridized carbons (Fsp3) is 0.455. The smallest absolute Gasteiger partial charge is 0.184 e. The predicted molar refractivity (Wildman–Crippen MR) is 58.0 cm³/mol. The predicted octanol–water partition coefficient (Wildman–Crippen LogP) is 1.40. The molecule has 0 spiro atoms. The van der Waals surface area contributed by atoms with Gasteiger partial charge in [-0.2, -0.15) is 0 Å². The lowest BCUT2D eigenvalue weighted by molar-refractivity contribution is 0.0961. The van der Waals surface area contributed by atoms with E-state index in [2.05, 4.69) is 4.98 Å². The molecule has 15 heavy (non-hydrogen) atoms. The summed E-state index contributed by atoms with van der Waals surface area (Å²) in [5, 5.41) is 0. The first kappa shape index (κ1) is 11.7. The number of hydrogen-bond acceptors (Lipinski definition) is 4. The molecule has 0 aliphatic carbocycles. The third-order valence-electron chi connectivity index (χ3n) is 1.82. The molecule has 0 amide bonds. The number of nitrogens with two attached hydrogens (primary N) is 1. The third-order valence-corrected chi connectivity index (χ3v) is 1.82. The van der Waals surface area contributed by atoms with Crippen LogP contribution in [0.1, 0.15) is 31.1 Å². The zero-order valence-electron chi connectivity index (χ0n) is 9.23. The molecule has 1 heterocycles. The summed E-state index contributed by atoms with van der Waals surface area (Å²) in [4.78, 5) is 15.6. The standard InChI is InChI=1S/C11H16N2O2/c1-7(2)15-10-4-5-13-6-9(10)11(14)8(3)12/h4-8H,12H2,1-3H3. The number of rotatable bonds is 4. The summed E-state index contributed by atoms with van der Waals surface area (Å²) in [5.74, 6) is 0.390. The van der Waals surface area contributed by atoms with Gasteiger partial charge >= 0.3 is 0 Å². The van der Waals surface area contributed by atoms with E-state index in [1.54, 1.807) is 19.2 Å². The van der Waals surface area contributed by atoms with Gasteiger partial charge in [-0.3, -0.25) is 9.78 Å². The van der Waals surface area contributed by atoms with Crippen LogP contribution in [0.4, 0.5) is 0 Å². The number of aromatic nitrogens is 1. The lowest BCUT2D eigenvalue weighted by Crippen LogP contribution is -2.27. The second-order valence-electron chi connectivity index (χ2n) is 3.69. The number of Topliss-reactive ketones (excluding diaryl/α,β-unsaturated/α-hetero) is 1. The van der Waals surface area contributed by atoms with Gasteiger partial charge in [0, 0.05) is 12.4 Å². The van der Waals surface area contributed by atoms with Gasteiger partial charge in [0.2, 0.25) is 0 Å². The molecule has 0 aromatic carbocycles. The number of ether oxygens (including phenoxy) is 1. The molecule has 0 bridgehead atoms. The van der Waals surface area contributed by atoms with Crippen molar-refractivity contribution in [1.82, 2.24) is 4.98 Å². The van der Waals surface area contributed by atoms with Crippen molar-refractivity contribution >= 4 is 5.78 Å². The highest BCUT2D eigenvalue weighted by Gasteiger charge is 2.16. The molecule has 1 aromatic rings. The van der Waals surface area contributed by atoms with Crippen molar-refractivity contribution < 1.29 is 9.53 Å². The van der Waals surface area contributed by atoms with E-state index in [-0.39, 0.29) is 11.9 Å². The van der Waals surface area contributed by atoms with Crippen LogP contribution in [0.5, 0.6) is 5.75 Å². The molecule has 4 nitrogen and oxygen atoms in total. The summed E-state index contributed by atoms with van der Waals surface area (Å²) in [6.07, 6.45) is 3.10. The minimum absolute atomic E-state index is 0.0204. The lowest BCUT2D eigenvalue weighted by atomic mass is 10.1. The molecule has 0 fully saturated rings. The Morgan fingerprint density at radius 2 is 2.13 bits per heavy atom. The molecule has 82 valence electrons. The van der Waals surface area contributed by atoms with E-state index >= 15 is 0 Å². The van der Waals surface area contributed by atoms with Crippen LogP contribution in [0.2, 0.25) is 0 Å². The van der Waals surface area contributed by atoms with Gasteiger partial charge in [-0.25, -0.2) is 0 Å². The van der Waals surface area contributed by atoms with Crippen LogP contribution in [0, 0.1) is 0 Å². The Balaban J connectivity index is 3.01. The molecule has 4 heteroatoms. The minimum atomic E-state index is -0.538. The highest BCUT2D eigenvalue weighted by atomic mass is 16.5. The molecule has 0 radical (unpaired) electrons. The van der Waals surface area contributed by atoms with Crippen LogP contribution in [0.25, 0.3) is 0 Å². The SMILES string of the molecule is CC(C)Oc1ccncc1C(=O)C(C)N. The highest BCUT2D eigenvalue weighted by molar-refractivity contribution is 6.01. The Morgan fingerprint density at radius 3 is 2.67 bits per heavy atom. The molecule has 1 rings (SSSR count). The van der Waals surface area contributed by atoms with E-state index in [0.717, 1.165) is 0 Å². The monoisotopic (exact) mass is 208 g/mol. The van der Waals surface area contributed by atoms with Crippen LogP contribution < -0.4 is 10.5 Å². The summed E-state index contributed by atoms with van der Waals surface area (Å²) in [7, 11) is 0. The molecule has 0 saturated carbocycles. The number of carbonyl (C=O) groups is 1. The maximum Gasteiger partial charge on any atom is 0.184 e.